The number of carbonyl (C=O) groups excluding carboxylic acids is 1. The lowest BCUT2D eigenvalue weighted by molar-refractivity contribution is -0.114. The third-order valence-corrected chi connectivity index (χ3v) is 5.71. The summed E-state index contributed by atoms with van der Waals surface area (Å²) >= 11 is 0. The molecule has 5 nitrogen and oxygen atoms in total. The Bertz CT molecular complexity index is 1190. The lowest BCUT2D eigenvalue weighted by atomic mass is 10.0. The summed E-state index contributed by atoms with van der Waals surface area (Å²) in [5.74, 6) is -0.570. The predicted molar refractivity (Wildman–Crippen MR) is 127 cm³/mol. The summed E-state index contributed by atoms with van der Waals surface area (Å²) in [5.41, 5.74) is 3.65. The van der Waals surface area contributed by atoms with Crippen LogP contribution in [0.15, 0.2) is 55.3 Å². The first kappa shape index (κ1) is 22.6. The van der Waals surface area contributed by atoms with Crippen LogP contribution in [0, 0.1) is 18.6 Å². The number of aryl methyl sites for hydroxylation is 1. The lowest BCUT2D eigenvalue weighted by Gasteiger charge is -2.29. The number of ketones is 1. The topological polar surface area (TPSA) is 58.1 Å². The first-order valence-electron chi connectivity index (χ1n) is 11.0. The molecule has 3 aromatic rings. The lowest BCUT2D eigenvalue weighted by Crippen LogP contribution is -2.30. The van der Waals surface area contributed by atoms with Gasteiger partial charge in [0.1, 0.15) is 11.6 Å². The van der Waals surface area contributed by atoms with Gasteiger partial charge in [0.05, 0.1) is 11.4 Å². The monoisotopic (exact) mass is 448 g/mol. The zero-order valence-electron chi connectivity index (χ0n) is 18.6. The molecule has 1 aromatic heterocycles. The number of halogens is 2. The van der Waals surface area contributed by atoms with Gasteiger partial charge < -0.3 is 10.2 Å². The Hall–Kier alpha value is -3.61. The Morgan fingerprint density at radius 3 is 2.70 bits per heavy atom. The smallest absolute Gasteiger partial charge is 0.227 e. The van der Waals surface area contributed by atoms with Crippen molar-refractivity contribution < 1.29 is 13.6 Å². The Kier molecular flexibility index (Phi) is 6.77. The van der Waals surface area contributed by atoms with Crippen molar-refractivity contribution in [3.8, 4) is 11.3 Å². The molecule has 1 saturated heterocycles. The second kappa shape index (κ2) is 9.90. The standard InChI is InChI=1S/C26H26F2N4O/c1-3-22(33)13-18-11-19(14-20(27)12-18)25-17(2)16-29-26(31-25)30-21-7-8-23(28)24(15-21)32-9-5-4-6-10-32/h3,7-8,11-12,14-16H,1,4-6,9-10,13H2,2H3,(H,29,30,31). The zero-order valence-corrected chi connectivity index (χ0v) is 18.6. The van der Waals surface area contributed by atoms with Crippen LogP contribution in [0.5, 0.6) is 0 Å². The molecule has 0 atom stereocenters. The van der Waals surface area contributed by atoms with Gasteiger partial charge in [-0.05, 0) is 79.8 Å². The van der Waals surface area contributed by atoms with E-state index in [2.05, 4.69) is 26.8 Å². The summed E-state index contributed by atoms with van der Waals surface area (Å²) < 4.78 is 28.7. The van der Waals surface area contributed by atoms with E-state index in [-0.39, 0.29) is 18.0 Å². The summed E-state index contributed by atoms with van der Waals surface area (Å²) in [6.07, 6.45) is 6.21. The van der Waals surface area contributed by atoms with E-state index in [0.717, 1.165) is 31.5 Å². The van der Waals surface area contributed by atoms with Crippen LogP contribution in [0.4, 0.5) is 26.1 Å². The highest BCUT2D eigenvalue weighted by molar-refractivity contribution is 5.91. The summed E-state index contributed by atoms with van der Waals surface area (Å²) in [6.45, 7) is 6.98. The summed E-state index contributed by atoms with van der Waals surface area (Å²) in [6, 6.07) is 9.32. The quantitative estimate of drug-likeness (QED) is 0.466. The molecule has 2 heterocycles. The molecule has 33 heavy (non-hydrogen) atoms. The molecule has 2 aromatic carbocycles. The van der Waals surface area contributed by atoms with Gasteiger partial charge in [-0.1, -0.05) is 6.58 Å². The highest BCUT2D eigenvalue weighted by Gasteiger charge is 2.16. The highest BCUT2D eigenvalue weighted by Crippen LogP contribution is 2.29. The molecule has 0 unspecified atom stereocenters. The molecule has 1 aliphatic rings. The average Bonchev–Trinajstić information content (AvgIpc) is 2.81. The number of carbonyl (C=O) groups is 1. The fourth-order valence-electron chi connectivity index (χ4n) is 4.05. The summed E-state index contributed by atoms with van der Waals surface area (Å²) in [7, 11) is 0. The van der Waals surface area contributed by atoms with E-state index in [9.17, 15) is 13.6 Å². The number of hydrogen-bond acceptors (Lipinski definition) is 5. The van der Waals surface area contributed by atoms with Gasteiger partial charge in [0, 0.05) is 37.0 Å². The van der Waals surface area contributed by atoms with Gasteiger partial charge in [0.25, 0.3) is 0 Å². The minimum Gasteiger partial charge on any atom is -0.369 e. The third-order valence-electron chi connectivity index (χ3n) is 5.71. The van der Waals surface area contributed by atoms with Crippen molar-refractivity contribution in [3.05, 3.63) is 78.0 Å². The van der Waals surface area contributed by atoms with Gasteiger partial charge in [-0.25, -0.2) is 18.7 Å². The number of aromatic nitrogens is 2. The van der Waals surface area contributed by atoms with Crippen molar-refractivity contribution in [1.29, 1.82) is 0 Å². The van der Waals surface area contributed by atoms with Gasteiger partial charge in [-0.2, -0.15) is 0 Å². The maximum absolute atomic E-state index is 14.5. The van der Waals surface area contributed by atoms with Crippen LogP contribution in [-0.2, 0) is 11.2 Å². The molecule has 0 radical (unpaired) electrons. The Labute approximate surface area is 192 Å². The SMILES string of the molecule is C=CC(=O)Cc1cc(F)cc(-c2nc(Nc3ccc(F)c(N4CCCCC4)c3)ncc2C)c1. The van der Waals surface area contributed by atoms with E-state index in [4.69, 9.17) is 0 Å². The molecule has 0 bridgehead atoms. The van der Waals surface area contributed by atoms with Crippen molar-refractivity contribution >= 4 is 23.1 Å². The van der Waals surface area contributed by atoms with Gasteiger partial charge in [0.2, 0.25) is 5.95 Å². The third kappa shape index (κ3) is 5.42. The summed E-state index contributed by atoms with van der Waals surface area (Å²) in [4.78, 5) is 22.7. The molecule has 1 fully saturated rings. The highest BCUT2D eigenvalue weighted by atomic mass is 19.1. The van der Waals surface area contributed by atoms with Crippen LogP contribution in [-0.4, -0.2) is 28.8 Å². The number of allylic oxidation sites excluding steroid dienone is 1. The first-order valence-corrected chi connectivity index (χ1v) is 11.0. The fraction of sp³-hybridized carbons (Fsp3) is 0.269. The number of benzene rings is 2. The second-order valence-corrected chi connectivity index (χ2v) is 8.26. The number of rotatable bonds is 7. The molecule has 0 spiro atoms. The molecule has 4 rings (SSSR count). The molecule has 0 saturated carbocycles. The molecule has 7 heteroatoms. The van der Waals surface area contributed by atoms with Gasteiger partial charge in [-0.15, -0.1) is 0 Å². The molecule has 1 aliphatic heterocycles. The molecule has 0 amide bonds. The van der Waals surface area contributed by atoms with Crippen molar-refractivity contribution in [2.24, 2.45) is 0 Å². The van der Waals surface area contributed by atoms with Gasteiger partial charge in [-0.3, -0.25) is 4.79 Å². The molecule has 1 N–H and O–H groups in total. The number of hydrogen-bond donors (Lipinski definition) is 1. The van der Waals surface area contributed by atoms with Crippen molar-refractivity contribution in [1.82, 2.24) is 9.97 Å². The maximum atomic E-state index is 14.5. The molecular weight excluding hydrogens is 422 g/mol. The van der Waals surface area contributed by atoms with Crippen molar-refractivity contribution in [3.63, 3.8) is 0 Å². The fourth-order valence-corrected chi connectivity index (χ4v) is 4.05. The van der Waals surface area contributed by atoms with Crippen LogP contribution >= 0.6 is 0 Å². The average molecular weight is 449 g/mol. The Morgan fingerprint density at radius 1 is 1.15 bits per heavy atom. The number of piperidine rings is 1. The number of anilines is 3. The normalized spacial score (nSPS) is 13.6. The first-order chi connectivity index (χ1) is 15.9. The van der Waals surface area contributed by atoms with E-state index in [1.807, 2.05) is 6.92 Å². The second-order valence-electron chi connectivity index (χ2n) is 8.26. The van der Waals surface area contributed by atoms with Crippen LogP contribution in [0.2, 0.25) is 0 Å². The van der Waals surface area contributed by atoms with Crippen LogP contribution in [0.3, 0.4) is 0 Å². The van der Waals surface area contributed by atoms with E-state index in [1.54, 1.807) is 24.4 Å². The largest absolute Gasteiger partial charge is 0.369 e. The van der Waals surface area contributed by atoms with Crippen molar-refractivity contribution in [2.75, 3.05) is 23.3 Å². The van der Waals surface area contributed by atoms with Crippen LogP contribution < -0.4 is 10.2 Å². The zero-order chi connectivity index (χ0) is 23.4. The predicted octanol–water partition coefficient (Wildman–Crippen LogP) is 5.76. The molecule has 170 valence electrons. The van der Waals surface area contributed by atoms with E-state index in [0.29, 0.717) is 34.1 Å². The van der Waals surface area contributed by atoms with Gasteiger partial charge >= 0.3 is 0 Å². The van der Waals surface area contributed by atoms with E-state index in [1.165, 1.54) is 30.7 Å². The van der Waals surface area contributed by atoms with Gasteiger partial charge in [0.15, 0.2) is 5.78 Å². The van der Waals surface area contributed by atoms with E-state index < -0.39 is 5.82 Å². The number of nitrogens with zero attached hydrogens (tertiary/aromatic N) is 3. The minimum absolute atomic E-state index is 0.0678. The maximum Gasteiger partial charge on any atom is 0.227 e. The molecular formula is C26H26F2N4O. The number of nitrogens with one attached hydrogen (secondary N) is 1. The Balaban J connectivity index is 1.62. The van der Waals surface area contributed by atoms with E-state index >= 15 is 0 Å². The van der Waals surface area contributed by atoms with Crippen LogP contribution in [0.25, 0.3) is 11.3 Å². The molecule has 0 aliphatic carbocycles. The minimum atomic E-state index is -0.448. The van der Waals surface area contributed by atoms with Crippen molar-refractivity contribution in [2.45, 2.75) is 32.6 Å². The van der Waals surface area contributed by atoms with Crippen LogP contribution in [0.1, 0.15) is 30.4 Å². The summed E-state index contributed by atoms with van der Waals surface area (Å²) in [5, 5.41) is 3.14. The Morgan fingerprint density at radius 2 is 1.94 bits per heavy atom.